The molecule has 0 aromatic rings. The molecule has 0 fully saturated rings. The first kappa shape index (κ1) is 10.9. The fourth-order valence-corrected chi connectivity index (χ4v) is 1.25. The van der Waals surface area contributed by atoms with Crippen molar-refractivity contribution in [1.29, 1.82) is 0 Å². The Morgan fingerprint density at radius 3 is 2.09 bits per heavy atom. The monoisotopic (exact) mass is 182 g/mol. The van der Waals surface area contributed by atoms with E-state index < -0.39 is 10.1 Å². The second-order valence-electron chi connectivity index (χ2n) is 3.26. The summed E-state index contributed by atoms with van der Waals surface area (Å²) in [5, 5.41) is 0. The molecule has 0 saturated carbocycles. The first-order chi connectivity index (χ1) is 4.77. The van der Waals surface area contributed by atoms with Crippen LogP contribution in [0.5, 0.6) is 0 Å². The largest absolute Gasteiger partial charge is 0.328 e. The minimum Gasteiger partial charge on any atom is -0.328 e. The van der Waals surface area contributed by atoms with Gasteiger partial charge in [-0.05, 0) is 6.92 Å². The Morgan fingerprint density at radius 1 is 1.36 bits per heavy atom. The van der Waals surface area contributed by atoms with E-state index in [0.29, 0.717) is 11.0 Å². The van der Waals surface area contributed by atoms with Gasteiger partial charge in [-0.3, -0.25) is 4.55 Å². The standard InChI is InChI=1S/C6H15NO3S/c1-4-7(2,3)5-6-11(8,9)10/h4-6H2,1-3H3/p+1. The maximum Gasteiger partial charge on any atom is 0.270 e. The molecule has 5 heteroatoms. The molecule has 0 bridgehead atoms. The highest BCUT2D eigenvalue weighted by Crippen LogP contribution is 1.96. The first-order valence-corrected chi connectivity index (χ1v) is 5.15. The van der Waals surface area contributed by atoms with E-state index >= 15 is 0 Å². The first-order valence-electron chi connectivity index (χ1n) is 3.54. The van der Waals surface area contributed by atoms with Crippen LogP contribution >= 0.6 is 0 Å². The van der Waals surface area contributed by atoms with Crippen molar-refractivity contribution >= 4 is 10.1 Å². The third-order valence-electron chi connectivity index (χ3n) is 1.81. The molecule has 0 saturated heterocycles. The van der Waals surface area contributed by atoms with Gasteiger partial charge in [-0.15, -0.1) is 0 Å². The number of rotatable bonds is 4. The summed E-state index contributed by atoms with van der Waals surface area (Å²) in [5.74, 6) is -0.159. The van der Waals surface area contributed by atoms with Crippen molar-refractivity contribution in [2.45, 2.75) is 6.92 Å². The molecule has 0 unspecified atom stereocenters. The Kier molecular flexibility index (Phi) is 3.47. The second-order valence-corrected chi connectivity index (χ2v) is 4.83. The molecule has 0 aromatic heterocycles. The van der Waals surface area contributed by atoms with Crippen LogP contribution in [-0.4, -0.2) is 50.4 Å². The van der Waals surface area contributed by atoms with Crippen LogP contribution in [0, 0.1) is 0 Å². The van der Waals surface area contributed by atoms with Crippen LogP contribution in [-0.2, 0) is 10.1 Å². The Bertz CT molecular complexity index is 208. The van der Waals surface area contributed by atoms with Crippen molar-refractivity contribution in [3.05, 3.63) is 0 Å². The topological polar surface area (TPSA) is 54.4 Å². The molecule has 0 aliphatic carbocycles. The molecular weight excluding hydrogens is 166 g/mol. The van der Waals surface area contributed by atoms with E-state index in [1.54, 1.807) is 0 Å². The molecule has 1 N–H and O–H groups in total. The molecule has 0 amide bonds. The predicted molar refractivity (Wildman–Crippen MR) is 43.9 cm³/mol. The van der Waals surface area contributed by atoms with E-state index in [-0.39, 0.29) is 5.75 Å². The van der Waals surface area contributed by atoms with Crippen molar-refractivity contribution in [2.75, 3.05) is 32.9 Å². The summed E-state index contributed by atoms with van der Waals surface area (Å²) in [6, 6.07) is 0. The van der Waals surface area contributed by atoms with Gasteiger partial charge in [0.2, 0.25) is 0 Å². The summed E-state index contributed by atoms with van der Waals surface area (Å²) in [6.45, 7) is 3.29. The van der Waals surface area contributed by atoms with Gasteiger partial charge < -0.3 is 4.48 Å². The lowest BCUT2D eigenvalue weighted by molar-refractivity contribution is -0.886. The van der Waals surface area contributed by atoms with Gasteiger partial charge in [-0.2, -0.15) is 8.42 Å². The third-order valence-corrected chi connectivity index (χ3v) is 2.51. The van der Waals surface area contributed by atoms with Crippen LogP contribution in [0.3, 0.4) is 0 Å². The molecule has 0 atom stereocenters. The van der Waals surface area contributed by atoms with Gasteiger partial charge in [-0.1, -0.05) is 0 Å². The van der Waals surface area contributed by atoms with E-state index in [9.17, 15) is 8.42 Å². The minimum absolute atomic E-state index is 0.159. The average molecular weight is 182 g/mol. The van der Waals surface area contributed by atoms with Crippen LogP contribution in [0.2, 0.25) is 0 Å². The zero-order valence-electron chi connectivity index (χ0n) is 7.24. The van der Waals surface area contributed by atoms with Gasteiger partial charge >= 0.3 is 0 Å². The molecular formula is C6H16NO3S+. The normalized spacial score (nSPS) is 13.5. The summed E-state index contributed by atoms with van der Waals surface area (Å²) in [6.07, 6.45) is 0. The Balaban J connectivity index is 3.90. The van der Waals surface area contributed by atoms with Crippen molar-refractivity contribution in [3.8, 4) is 0 Å². The highest BCUT2D eigenvalue weighted by molar-refractivity contribution is 7.85. The maximum absolute atomic E-state index is 10.3. The SMILES string of the molecule is CC[N+](C)(C)CCS(=O)(=O)O. The Morgan fingerprint density at radius 2 is 1.82 bits per heavy atom. The van der Waals surface area contributed by atoms with Crippen LogP contribution in [0.15, 0.2) is 0 Å². The van der Waals surface area contributed by atoms with Gasteiger partial charge in [0.25, 0.3) is 10.1 Å². The summed E-state index contributed by atoms with van der Waals surface area (Å²) < 4.78 is 29.7. The minimum atomic E-state index is -3.78. The van der Waals surface area contributed by atoms with Gasteiger partial charge in [0, 0.05) is 0 Å². The van der Waals surface area contributed by atoms with Crippen LogP contribution in [0.1, 0.15) is 6.92 Å². The lowest BCUT2D eigenvalue weighted by Crippen LogP contribution is -2.42. The Labute approximate surface area is 68.2 Å². The summed E-state index contributed by atoms with van der Waals surface area (Å²) in [5.41, 5.74) is 0. The van der Waals surface area contributed by atoms with Gasteiger partial charge in [0.05, 0.1) is 27.2 Å². The highest BCUT2D eigenvalue weighted by atomic mass is 32.2. The number of hydrogen-bond acceptors (Lipinski definition) is 2. The fraction of sp³-hybridized carbons (Fsp3) is 1.00. The highest BCUT2D eigenvalue weighted by Gasteiger charge is 2.16. The van der Waals surface area contributed by atoms with Crippen molar-refractivity contribution in [2.24, 2.45) is 0 Å². The number of nitrogens with zero attached hydrogens (tertiary/aromatic N) is 1. The molecule has 4 nitrogen and oxygen atoms in total. The van der Waals surface area contributed by atoms with Crippen LogP contribution < -0.4 is 0 Å². The summed E-state index contributed by atoms with van der Waals surface area (Å²) in [4.78, 5) is 0. The van der Waals surface area contributed by atoms with Gasteiger partial charge in [0.1, 0.15) is 5.75 Å². The summed E-state index contributed by atoms with van der Waals surface area (Å²) in [7, 11) is 0.0606. The molecule has 0 heterocycles. The number of quaternary nitrogens is 1. The molecule has 0 rings (SSSR count). The molecule has 68 valence electrons. The molecule has 0 aliphatic heterocycles. The van der Waals surface area contributed by atoms with E-state index in [4.69, 9.17) is 4.55 Å². The molecule has 0 radical (unpaired) electrons. The lowest BCUT2D eigenvalue weighted by Gasteiger charge is -2.27. The van der Waals surface area contributed by atoms with Crippen molar-refractivity contribution in [3.63, 3.8) is 0 Å². The average Bonchev–Trinajstić information content (AvgIpc) is 1.83. The predicted octanol–water partition coefficient (Wildman–Crippen LogP) is -0.0295. The van der Waals surface area contributed by atoms with E-state index in [1.165, 1.54) is 0 Å². The molecule has 0 aliphatic rings. The van der Waals surface area contributed by atoms with E-state index in [2.05, 4.69) is 0 Å². The molecule has 0 spiro atoms. The smallest absolute Gasteiger partial charge is 0.270 e. The summed E-state index contributed by atoms with van der Waals surface area (Å²) >= 11 is 0. The Hall–Kier alpha value is -0.130. The molecule has 11 heavy (non-hydrogen) atoms. The van der Waals surface area contributed by atoms with E-state index in [0.717, 1.165) is 6.54 Å². The van der Waals surface area contributed by atoms with E-state index in [1.807, 2.05) is 21.0 Å². The van der Waals surface area contributed by atoms with Gasteiger partial charge in [0.15, 0.2) is 0 Å². The lowest BCUT2D eigenvalue weighted by atomic mass is 10.5. The van der Waals surface area contributed by atoms with Crippen molar-refractivity contribution in [1.82, 2.24) is 0 Å². The quantitative estimate of drug-likeness (QED) is 0.490. The second kappa shape index (κ2) is 3.51. The van der Waals surface area contributed by atoms with Crippen molar-refractivity contribution < 1.29 is 17.5 Å². The maximum atomic E-state index is 10.3. The van der Waals surface area contributed by atoms with Gasteiger partial charge in [-0.25, -0.2) is 0 Å². The van der Waals surface area contributed by atoms with Crippen LogP contribution in [0.25, 0.3) is 0 Å². The fourth-order valence-electron chi connectivity index (χ4n) is 0.521. The number of hydrogen-bond donors (Lipinski definition) is 1. The zero-order chi connectivity index (χ0) is 9.12. The van der Waals surface area contributed by atoms with Crippen LogP contribution in [0.4, 0.5) is 0 Å². The zero-order valence-corrected chi connectivity index (χ0v) is 8.06. The molecule has 0 aromatic carbocycles. The third kappa shape index (κ3) is 6.28.